The van der Waals surface area contributed by atoms with Crippen LogP contribution in [0.1, 0.15) is 0 Å². The van der Waals surface area contributed by atoms with E-state index in [2.05, 4.69) is 0 Å². The van der Waals surface area contributed by atoms with Crippen LogP contribution >= 0.6 is 10.7 Å². The Morgan fingerprint density at radius 3 is 2.37 bits per heavy atom. The lowest BCUT2D eigenvalue weighted by atomic mass is 10.2. The van der Waals surface area contributed by atoms with E-state index in [-0.39, 0.29) is 17.2 Å². The molecule has 8 heteroatoms. The second-order valence-corrected chi connectivity index (χ2v) is 9.07. The van der Waals surface area contributed by atoms with Crippen molar-refractivity contribution in [1.29, 1.82) is 0 Å². The number of rotatable bonds is 4. The average Bonchev–Trinajstić information content (AvgIpc) is 2.64. The minimum Gasteiger partial charge on any atom is -0.345 e. The van der Waals surface area contributed by atoms with Gasteiger partial charge in [0.2, 0.25) is 0 Å². The minimum atomic E-state index is -3.86. The number of halogens is 1. The number of nitrogens with zero attached hydrogens (tertiary/aromatic N) is 1. The van der Waals surface area contributed by atoms with Gasteiger partial charge in [0.15, 0.2) is 0 Å². The first-order valence-electron chi connectivity index (χ1n) is 5.39. The SMILES string of the molecule is CS(=O)(=O)CCn1cc(S(=O)(=O)Cl)c2ccccc21. The van der Waals surface area contributed by atoms with Crippen molar-refractivity contribution in [2.75, 3.05) is 12.0 Å². The maximum atomic E-state index is 11.5. The van der Waals surface area contributed by atoms with Crippen molar-refractivity contribution in [1.82, 2.24) is 4.57 Å². The molecule has 0 aliphatic rings. The molecule has 0 saturated heterocycles. The molecule has 0 aliphatic heterocycles. The molecule has 0 aliphatic carbocycles. The van der Waals surface area contributed by atoms with Gasteiger partial charge in [0.25, 0.3) is 9.05 Å². The number of para-hydroxylation sites is 1. The molecule has 1 heterocycles. The molecule has 19 heavy (non-hydrogen) atoms. The maximum absolute atomic E-state index is 11.5. The Morgan fingerprint density at radius 1 is 1.16 bits per heavy atom. The van der Waals surface area contributed by atoms with Crippen molar-refractivity contribution in [2.45, 2.75) is 11.4 Å². The molecule has 0 atom stereocenters. The standard InChI is InChI=1S/C11H12ClNO4S2/c1-18(14,15)7-6-13-8-11(19(12,16)17)9-4-2-3-5-10(9)13/h2-5,8H,6-7H2,1H3. The summed E-state index contributed by atoms with van der Waals surface area (Å²) in [5.74, 6) is -0.0621. The summed E-state index contributed by atoms with van der Waals surface area (Å²) in [6, 6.07) is 6.82. The first-order valence-corrected chi connectivity index (χ1v) is 9.76. The second kappa shape index (κ2) is 4.81. The van der Waals surface area contributed by atoms with E-state index in [9.17, 15) is 16.8 Å². The summed E-state index contributed by atoms with van der Waals surface area (Å²) in [6.45, 7) is 0.186. The van der Waals surface area contributed by atoms with Gasteiger partial charge in [-0.25, -0.2) is 16.8 Å². The van der Waals surface area contributed by atoms with Crippen molar-refractivity contribution >= 4 is 40.5 Å². The van der Waals surface area contributed by atoms with E-state index in [4.69, 9.17) is 10.7 Å². The highest BCUT2D eigenvalue weighted by atomic mass is 35.7. The molecule has 2 rings (SSSR count). The van der Waals surface area contributed by atoms with E-state index < -0.39 is 18.9 Å². The topological polar surface area (TPSA) is 73.2 Å². The fourth-order valence-corrected chi connectivity index (χ4v) is 3.44. The Labute approximate surface area is 116 Å². The van der Waals surface area contributed by atoms with Crippen LogP contribution in [0.2, 0.25) is 0 Å². The van der Waals surface area contributed by atoms with Crippen LogP contribution in [-0.4, -0.2) is 33.4 Å². The molecule has 5 nitrogen and oxygen atoms in total. The first-order chi connectivity index (χ1) is 8.68. The van der Waals surface area contributed by atoms with Gasteiger partial charge in [0.05, 0.1) is 5.75 Å². The van der Waals surface area contributed by atoms with Gasteiger partial charge >= 0.3 is 0 Å². The Morgan fingerprint density at radius 2 is 1.79 bits per heavy atom. The zero-order valence-electron chi connectivity index (χ0n) is 10.1. The molecule has 0 bridgehead atoms. The number of aromatic nitrogens is 1. The Balaban J connectivity index is 2.57. The monoisotopic (exact) mass is 321 g/mol. The summed E-state index contributed by atoms with van der Waals surface area (Å²) in [6.07, 6.45) is 2.51. The average molecular weight is 322 g/mol. The molecule has 0 spiro atoms. The smallest absolute Gasteiger partial charge is 0.263 e. The Kier molecular flexibility index (Phi) is 3.63. The number of aryl methyl sites for hydroxylation is 1. The Bertz CT molecular complexity index is 821. The van der Waals surface area contributed by atoms with E-state index in [1.807, 2.05) is 0 Å². The third-order valence-electron chi connectivity index (χ3n) is 2.72. The quantitative estimate of drug-likeness (QED) is 0.802. The summed E-state index contributed by atoms with van der Waals surface area (Å²) in [4.78, 5) is -0.00160. The summed E-state index contributed by atoms with van der Waals surface area (Å²) in [7, 11) is -1.60. The lowest BCUT2D eigenvalue weighted by molar-refractivity contribution is 0.595. The van der Waals surface area contributed by atoms with Gasteiger partial charge in [0, 0.05) is 40.6 Å². The van der Waals surface area contributed by atoms with Gasteiger partial charge in [-0.05, 0) is 6.07 Å². The van der Waals surface area contributed by atoms with Crippen LogP contribution in [0.5, 0.6) is 0 Å². The number of hydrogen-bond donors (Lipinski definition) is 0. The summed E-state index contributed by atoms with van der Waals surface area (Å²) in [5.41, 5.74) is 0.644. The molecule has 1 aromatic heterocycles. The third kappa shape index (κ3) is 3.29. The van der Waals surface area contributed by atoms with Crippen molar-refractivity contribution in [3.63, 3.8) is 0 Å². The normalized spacial score (nSPS) is 12.9. The predicted octanol–water partition coefficient (Wildman–Crippen LogP) is 1.61. The zero-order chi connectivity index (χ0) is 14.3. The van der Waals surface area contributed by atoms with Gasteiger partial charge in [-0.3, -0.25) is 0 Å². The molecule has 0 amide bonds. The van der Waals surface area contributed by atoms with Crippen molar-refractivity contribution in [2.24, 2.45) is 0 Å². The van der Waals surface area contributed by atoms with E-state index >= 15 is 0 Å². The van der Waals surface area contributed by atoms with Crippen LogP contribution in [0.25, 0.3) is 10.9 Å². The van der Waals surface area contributed by atoms with Gasteiger partial charge in [-0.1, -0.05) is 18.2 Å². The molecule has 0 fully saturated rings. The molecule has 104 valence electrons. The number of benzene rings is 1. The highest BCUT2D eigenvalue weighted by Gasteiger charge is 2.18. The van der Waals surface area contributed by atoms with Crippen molar-refractivity contribution in [3.8, 4) is 0 Å². The highest BCUT2D eigenvalue weighted by molar-refractivity contribution is 8.14. The first kappa shape index (κ1) is 14.4. The van der Waals surface area contributed by atoms with Crippen molar-refractivity contribution in [3.05, 3.63) is 30.5 Å². The molecular weight excluding hydrogens is 310 g/mol. The molecule has 2 aromatic rings. The number of sulfone groups is 1. The molecule has 0 unspecified atom stereocenters. The van der Waals surface area contributed by atoms with E-state index in [0.29, 0.717) is 10.9 Å². The lowest BCUT2D eigenvalue weighted by Gasteiger charge is -2.03. The van der Waals surface area contributed by atoms with Gasteiger partial charge < -0.3 is 4.57 Å². The fourth-order valence-electron chi connectivity index (χ4n) is 1.86. The molecular formula is C11H12ClNO4S2. The highest BCUT2D eigenvalue weighted by Crippen LogP contribution is 2.27. The predicted molar refractivity (Wildman–Crippen MR) is 74.7 cm³/mol. The molecule has 0 radical (unpaired) electrons. The van der Waals surface area contributed by atoms with Crippen LogP contribution in [0.3, 0.4) is 0 Å². The molecule has 0 saturated carbocycles. The zero-order valence-corrected chi connectivity index (χ0v) is 12.5. The number of fused-ring (bicyclic) bond motifs is 1. The van der Waals surface area contributed by atoms with Crippen LogP contribution in [-0.2, 0) is 25.4 Å². The number of hydrogen-bond acceptors (Lipinski definition) is 4. The second-order valence-electron chi connectivity index (χ2n) is 4.27. The molecule has 1 aromatic carbocycles. The van der Waals surface area contributed by atoms with E-state index in [0.717, 1.165) is 6.26 Å². The fraction of sp³-hybridized carbons (Fsp3) is 0.273. The van der Waals surface area contributed by atoms with Crippen LogP contribution in [0.15, 0.2) is 35.4 Å². The van der Waals surface area contributed by atoms with Gasteiger partial charge in [-0.2, -0.15) is 0 Å². The third-order valence-corrected chi connectivity index (χ3v) is 4.99. The Hall–Kier alpha value is -1.05. The van der Waals surface area contributed by atoms with E-state index in [1.165, 1.54) is 6.20 Å². The van der Waals surface area contributed by atoms with E-state index in [1.54, 1.807) is 28.8 Å². The minimum absolute atomic E-state index is 0.00160. The van der Waals surface area contributed by atoms with Crippen molar-refractivity contribution < 1.29 is 16.8 Å². The van der Waals surface area contributed by atoms with Crippen LogP contribution < -0.4 is 0 Å². The summed E-state index contributed by atoms with van der Waals surface area (Å²) in [5, 5.41) is 0.492. The lowest BCUT2D eigenvalue weighted by Crippen LogP contribution is -2.10. The van der Waals surface area contributed by atoms with Gasteiger partial charge in [-0.15, -0.1) is 0 Å². The summed E-state index contributed by atoms with van der Waals surface area (Å²) >= 11 is 0. The van der Waals surface area contributed by atoms with Crippen LogP contribution in [0.4, 0.5) is 0 Å². The molecule has 0 N–H and O–H groups in total. The maximum Gasteiger partial charge on any atom is 0.263 e. The largest absolute Gasteiger partial charge is 0.345 e. The summed E-state index contributed by atoms with van der Waals surface area (Å²) < 4.78 is 47.0. The van der Waals surface area contributed by atoms with Crippen LogP contribution in [0, 0.1) is 0 Å². The van der Waals surface area contributed by atoms with Gasteiger partial charge in [0.1, 0.15) is 14.7 Å².